The number of hydrogen-bond acceptors (Lipinski definition) is 3. The van der Waals surface area contributed by atoms with E-state index in [0.717, 1.165) is 5.75 Å². The SMILES string of the molecule is COc1cccc(OCC(C)C)c1OC. The van der Waals surface area contributed by atoms with Gasteiger partial charge in [-0.2, -0.15) is 0 Å². The average molecular weight is 210 g/mol. The summed E-state index contributed by atoms with van der Waals surface area (Å²) in [5, 5.41) is 0. The van der Waals surface area contributed by atoms with Crippen LogP contribution in [0.2, 0.25) is 0 Å². The van der Waals surface area contributed by atoms with Crippen molar-refractivity contribution < 1.29 is 14.2 Å². The van der Waals surface area contributed by atoms with E-state index in [2.05, 4.69) is 13.8 Å². The first kappa shape index (κ1) is 11.7. The fourth-order valence-corrected chi connectivity index (χ4v) is 1.23. The van der Waals surface area contributed by atoms with E-state index < -0.39 is 0 Å². The molecule has 0 aliphatic heterocycles. The van der Waals surface area contributed by atoms with Crippen LogP contribution in [0.3, 0.4) is 0 Å². The Bertz CT molecular complexity index is 308. The van der Waals surface area contributed by atoms with Crippen molar-refractivity contribution in [1.82, 2.24) is 0 Å². The third kappa shape index (κ3) is 3.05. The molecule has 0 aromatic heterocycles. The van der Waals surface area contributed by atoms with Crippen LogP contribution in [0.25, 0.3) is 0 Å². The van der Waals surface area contributed by atoms with Crippen molar-refractivity contribution in [3.8, 4) is 17.2 Å². The Labute approximate surface area is 91.0 Å². The first-order valence-electron chi connectivity index (χ1n) is 5.02. The smallest absolute Gasteiger partial charge is 0.203 e. The van der Waals surface area contributed by atoms with E-state index >= 15 is 0 Å². The number of methoxy groups -OCH3 is 2. The number of rotatable bonds is 5. The van der Waals surface area contributed by atoms with Crippen molar-refractivity contribution in [1.29, 1.82) is 0 Å². The van der Waals surface area contributed by atoms with Crippen molar-refractivity contribution in [3.63, 3.8) is 0 Å². The third-order valence-corrected chi connectivity index (χ3v) is 1.94. The van der Waals surface area contributed by atoms with Crippen LogP contribution < -0.4 is 14.2 Å². The number of ether oxygens (including phenoxy) is 3. The van der Waals surface area contributed by atoms with Crippen molar-refractivity contribution in [2.45, 2.75) is 13.8 Å². The third-order valence-electron chi connectivity index (χ3n) is 1.94. The summed E-state index contributed by atoms with van der Waals surface area (Å²) in [5.41, 5.74) is 0. The highest BCUT2D eigenvalue weighted by Gasteiger charge is 2.10. The molecule has 0 heterocycles. The van der Waals surface area contributed by atoms with Gasteiger partial charge in [-0.15, -0.1) is 0 Å². The molecule has 0 amide bonds. The summed E-state index contributed by atoms with van der Waals surface area (Å²) in [6.45, 7) is 4.88. The topological polar surface area (TPSA) is 27.7 Å². The molecule has 0 radical (unpaired) electrons. The van der Waals surface area contributed by atoms with Crippen LogP contribution in [0.1, 0.15) is 13.8 Å². The van der Waals surface area contributed by atoms with Gasteiger partial charge in [0.2, 0.25) is 5.75 Å². The average Bonchev–Trinajstić information content (AvgIpc) is 2.25. The molecule has 3 heteroatoms. The summed E-state index contributed by atoms with van der Waals surface area (Å²) < 4.78 is 16.1. The van der Waals surface area contributed by atoms with Crippen LogP contribution in [0.5, 0.6) is 17.2 Å². The highest BCUT2D eigenvalue weighted by atomic mass is 16.5. The van der Waals surface area contributed by atoms with Crippen LogP contribution in [0.4, 0.5) is 0 Å². The summed E-state index contributed by atoms with van der Waals surface area (Å²) in [4.78, 5) is 0. The number of benzene rings is 1. The lowest BCUT2D eigenvalue weighted by Gasteiger charge is -2.14. The fourth-order valence-electron chi connectivity index (χ4n) is 1.23. The van der Waals surface area contributed by atoms with Gasteiger partial charge in [-0.3, -0.25) is 0 Å². The van der Waals surface area contributed by atoms with Gasteiger partial charge < -0.3 is 14.2 Å². The normalized spacial score (nSPS) is 10.2. The molecule has 0 saturated carbocycles. The van der Waals surface area contributed by atoms with Crippen molar-refractivity contribution in [2.24, 2.45) is 5.92 Å². The van der Waals surface area contributed by atoms with Crippen LogP contribution in [0, 0.1) is 5.92 Å². The summed E-state index contributed by atoms with van der Waals surface area (Å²) in [7, 11) is 3.23. The minimum atomic E-state index is 0.487. The highest BCUT2D eigenvalue weighted by molar-refractivity contribution is 5.50. The molecular weight excluding hydrogens is 192 g/mol. The molecule has 0 spiro atoms. The second-order valence-electron chi connectivity index (χ2n) is 3.70. The maximum Gasteiger partial charge on any atom is 0.203 e. The standard InChI is InChI=1S/C12H18O3/c1-9(2)8-15-11-7-5-6-10(13-3)12(11)14-4/h5-7,9H,8H2,1-4H3. The molecule has 84 valence electrons. The van der Waals surface area contributed by atoms with E-state index in [1.165, 1.54) is 0 Å². The molecule has 1 aromatic carbocycles. The molecule has 0 aliphatic rings. The van der Waals surface area contributed by atoms with Gasteiger partial charge in [0.25, 0.3) is 0 Å². The molecule has 1 aromatic rings. The molecule has 0 N–H and O–H groups in total. The van der Waals surface area contributed by atoms with Gasteiger partial charge in [0.05, 0.1) is 20.8 Å². The molecule has 3 nitrogen and oxygen atoms in total. The lowest BCUT2D eigenvalue weighted by Crippen LogP contribution is -2.05. The van der Waals surface area contributed by atoms with Crippen LogP contribution in [-0.2, 0) is 0 Å². The Morgan fingerprint density at radius 1 is 1.07 bits per heavy atom. The van der Waals surface area contributed by atoms with Crippen molar-refractivity contribution >= 4 is 0 Å². The summed E-state index contributed by atoms with van der Waals surface area (Å²) >= 11 is 0. The Morgan fingerprint density at radius 2 is 1.73 bits per heavy atom. The largest absolute Gasteiger partial charge is 0.493 e. The van der Waals surface area contributed by atoms with Crippen LogP contribution in [0.15, 0.2) is 18.2 Å². The lowest BCUT2D eigenvalue weighted by atomic mass is 10.2. The Kier molecular flexibility index (Phi) is 4.28. The molecular formula is C12H18O3. The minimum Gasteiger partial charge on any atom is -0.493 e. The van der Waals surface area contributed by atoms with Gasteiger partial charge >= 0.3 is 0 Å². The van der Waals surface area contributed by atoms with Gasteiger partial charge in [0.1, 0.15) is 0 Å². The molecule has 0 atom stereocenters. The Morgan fingerprint density at radius 3 is 2.27 bits per heavy atom. The number of hydrogen-bond donors (Lipinski definition) is 0. The van der Waals surface area contributed by atoms with Gasteiger partial charge in [-0.05, 0) is 18.1 Å². The zero-order chi connectivity index (χ0) is 11.3. The van der Waals surface area contributed by atoms with Crippen molar-refractivity contribution in [2.75, 3.05) is 20.8 Å². The second kappa shape index (κ2) is 5.49. The molecule has 0 unspecified atom stereocenters. The number of para-hydroxylation sites is 1. The molecule has 0 saturated heterocycles. The predicted molar refractivity (Wildman–Crippen MR) is 59.9 cm³/mol. The van der Waals surface area contributed by atoms with E-state index in [0.29, 0.717) is 24.0 Å². The molecule has 15 heavy (non-hydrogen) atoms. The quantitative estimate of drug-likeness (QED) is 0.748. The van der Waals surface area contributed by atoms with Crippen LogP contribution >= 0.6 is 0 Å². The first-order chi connectivity index (χ1) is 7.19. The van der Waals surface area contributed by atoms with E-state index in [4.69, 9.17) is 14.2 Å². The fraction of sp³-hybridized carbons (Fsp3) is 0.500. The Balaban J connectivity index is 2.86. The summed E-state index contributed by atoms with van der Waals surface area (Å²) in [6.07, 6.45) is 0. The summed E-state index contributed by atoms with van der Waals surface area (Å²) in [5.74, 6) is 2.56. The zero-order valence-corrected chi connectivity index (χ0v) is 9.74. The highest BCUT2D eigenvalue weighted by Crippen LogP contribution is 2.36. The summed E-state index contributed by atoms with van der Waals surface area (Å²) in [6, 6.07) is 5.61. The molecule has 0 fully saturated rings. The van der Waals surface area contributed by atoms with Crippen molar-refractivity contribution in [3.05, 3.63) is 18.2 Å². The predicted octanol–water partition coefficient (Wildman–Crippen LogP) is 2.74. The lowest BCUT2D eigenvalue weighted by molar-refractivity contribution is 0.252. The van der Waals surface area contributed by atoms with Gasteiger partial charge in [0.15, 0.2) is 11.5 Å². The van der Waals surface area contributed by atoms with E-state index in [1.54, 1.807) is 14.2 Å². The molecule has 0 bridgehead atoms. The monoisotopic (exact) mass is 210 g/mol. The minimum absolute atomic E-state index is 0.487. The zero-order valence-electron chi connectivity index (χ0n) is 9.74. The van der Waals surface area contributed by atoms with Crippen LogP contribution in [-0.4, -0.2) is 20.8 Å². The first-order valence-corrected chi connectivity index (χ1v) is 5.02. The Hall–Kier alpha value is -1.38. The maximum absolute atomic E-state index is 5.63. The van der Waals surface area contributed by atoms with Gasteiger partial charge in [0, 0.05) is 0 Å². The molecule has 0 aliphatic carbocycles. The van der Waals surface area contributed by atoms with Gasteiger partial charge in [-0.25, -0.2) is 0 Å². The van der Waals surface area contributed by atoms with E-state index in [-0.39, 0.29) is 0 Å². The van der Waals surface area contributed by atoms with E-state index in [1.807, 2.05) is 18.2 Å². The van der Waals surface area contributed by atoms with Gasteiger partial charge in [-0.1, -0.05) is 19.9 Å². The second-order valence-corrected chi connectivity index (χ2v) is 3.70. The maximum atomic E-state index is 5.63. The van der Waals surface area contributed by atoms with E-state index in [9.17, 15) is 0 Å². The molecule has 1 rings (SSSR count).